The maximum Gasteiger partial charge on any atom is 0.223 e. The van der Waals surface area contributed by atoms with Crippen LogP contribution < -0.4 is 5.32 Å². The van der Waals surface area contributed by atoms with Crippen molar-refractivity contribution in [3.05, 3.63) is 0 Å². The first-order chi connectivity index (χ1) is 9.45. The third-order valence-electron chi connectivity index (χ3n) is 3.62. The van der Waals surface area contributed by atoms with E-state index in [0.29, 0.717) is 6.42 Å². The number of rotatable bonds is 7. The molecule has 118 valence electrons. The first-order valence-electron chi connectivity index (χ1n) is 7.55. The van der Waals surface area contributed by atoms with E-state index in [4.69, 9.17) is 34.8 Å². The number of likely N-dealkylation sites (tertiary alicyclic amines) is 1. The minimum absolute atomic E-state index is 0.0250. The van der Waals surface area contributed by atoms with Gasteiger partial charge in [-0.25, -0.2) is 0 Å². The topological polar surface area (TPSA) is 32.3 Å². The minimum atomic E-state index is -1.49. The molecule has 1 saturated heterocycles. The highest BCUT2D eigenvalue weighted by molar-refractivity contribution is 6.68. The molecule has 0 saturated carbocycles. The molecule has 1 N–H and O–H groups in total. The van der Waals surface area contributed by atoms with Crippen molar-refractivity contribution in [3.63, 3.8) is 0 Å². The number of halogens is 3. The van der Waals surface area contributed by atoms with Crippen molar-refractivity contribution in [2.24, 2.45) is 0 Å². The van der Waals surface area contributed by atoms with Crippen LogP contribution >= 0.6 is 34.8 Å². The van der Waals surface area contributed by atoms with Crippen molar-refractivity contribution in [1.82, 2.24) is 10.2 Å². The summed E-state index contributed by atoms with van der Waals surface area (Å²) >= 11 is 18.1. The zero-order chi connectivity index (χ0) is 15.0. The van der Waals surface area contributed by atoms with Gasteiger partial charge < -0.3 is 5.32 Å². The van der Waals surface area contributed by atoms with Crippen molar-refractivity contribution in [2.75, 3.05) is 13.1 Å². The summed E-state index contributed by atoms with van der Waals surface area (Å²) in [6.45, 7) is 3.89. The van der Waals surface area contributed by atoms with E-state index in [2.05, 4.69) is 17.1 Å². The molecule has 1 heterocycles. The number of piperidine rings is 1. The van der Waals surface area contributed by atoms with Crippen molar-refractivity contribution in [3.8, 4) is 0 Å². The van der Waals surface area contributed by atoms with Gasteiger partial charge in [-0.15, -0.1) is 0 Å². The molecular formula is C14H25Cl3N2O. The molecule has 0 spiro atoms. The first kappa shape index (κ1) is 18.3. The molecule has 0 aromatic carbocycles. The molecule has 1 aliphatic heterocycles. The van der Waals surface area contributed by atoms with Gasteiger partial charge in [-0.1, -0.05) is 67.4 Å². The molecule has 1 rings (SSSR count). The van der Waals surface area contributed by atoms with Crippen LogP contribution in [0.1, 0.15) is 58.3 Å². The Bertz CT molecular complexity index is 289. The fraction of sp³-hybridized carbons (Fsp3) is 0.929. The molecule has 0 radical (unpaired) electrons. The Labute approximate surface area is 137 Å². The number of alkyl halides is 3. The van der Waals surface area contributed by atoms with Crippen molar-refractivity contribution in [1.29, 1.82) is 0 Å². The quantitative estimate of drug-likeness (QED) is 0.553. The Balaban J connectivity index is 2.45. The predicted octanol–water partition coefficient (Wildman–Crippen LogP) is 4.26. The Morgan fingerprint density at radius 3 is 2.35 bits per heavy atom. The molecule has 0 aliphatic carbocycles. The largest absolute Gasteiger partial charge is 0.337 e. The van der Waals surface area contributed by atoms with Crippen LogP contribution in [-0.2, 0) is 4.79 Å². The average Bonchev–Trinajstić information content (AvgIpc) is 2.41. The number of carbonyl (C=O) groups excluding carboxylic acids is 1. The minimum Gasteiger partial charge on any atom is -0.337 e. The lowest BCUT2D eigenvalue weighted by atomic mass is 10.1. The van der Waals surface area contributed by atoms with Crippen LogP contribution in [0.4, 0.5) is 0 Å². The van der Waals surface area contributed by atoms with Gasteiger partial charge in [0.15, 0.2) is 0 Å². The lowest BCUT2D eigenvalue weighted by Crippen LogP contribution is -2.56. The van der Waals surface area contributed by atoms with E-state index in [1.54, 1.807) is 0 Å². The summed E-state index contributed by atoms with van der Waals surface area (Å²) in [5, 5.41) is 2.89. The van der Waals surface area contributed by atoms with Gasteiger partial charge in [0.05, 0.1) is 0 Å². The Morgan fingerprint density at radius 2 is 1.80 bits per heavy atom. The number of amides is 1. The fourth-order valence-corrected chi connectivity index (χ4v) is 3.07. The zero-order valence-corrected chi connectivity index (χ0v) is 14.4. The maximum absolute atomic E-state index is 12.0. The number of hydrogen-bond donors (Lipinski definition) is 1. The lowest BCUT2D eigenvalue weighted by molar-refractivity contribution is -0.123. The van der Waals surface area contributed by atoms with Gasteiger partial charge in [-0.3, -0.25) is 9.69 Å². The van der Waals surface area contributed by atoms with Gasteiger partial charge in [0, 0.05) is 19.5 Å². The Hall–Kier alpha value is 0.300. The summed E-state index contributed by atoms with van der Waals surface area (Å²) in [6.07, 6.45) is 7.65. The molecule has 0 aromatic heterocycles. The molecule has 3 nitrogen and oxygen atoms in total. The predicted molar refractivity (Wildman–Crippen MR) is 86.4 cm³/mol. The third-order valence-corrected chi connectivity index (χ3v) is 4.24. The number of hydrogen-bond acceptors (Lipinski definition) is 2. The number of unbranched alkanes of at least 4 members (excludes halogenated alkanes) is 3. The number of nitrogens with one attached hydrogen (secondary N) is 1. The highest BCUT2D eigenvalue weighted by Crippen LogP contribution is 2.33. The van der Waals surface area contributed by atoms with Crippen LogP contribution in [0.15, 0.2) is 0 Å². The number of nitrogens with zero attached hydrogens (tertiary/aromatic N) is 1. The van der Waals surface area contributed by atoms with Crippen LogP contribution in [0.5, 0.6) is 0 Å². The van der Waals surface area contributed by atoms with E-state index < -0.39 is 9.96 Å². The van der Waals surface area contributed by atoms with E-state index in [-0.39, 0.29) is 5.91 Å². The average molecular weight is 344 g/mol. The van der Waals surface area contributed by atoms with Gasteiger partial charge in [-0.05, 0) is 19.3 Å². The highest BCUT2D eigenvalue weighted by Gasteiger charge is 2.38. The highest BCUT2D eigenvalue weighted by atomic mass is 35.6. The normalized spacial score (nSPS) is 18.8. The summed E-state index contributed by atoms with van der Waals surface area (Å²) in [4.78, 5) is 14.1. The third kappa shape index (κ3) is 6.84. The van der Waals surface area contributed by atoms with Gasteiger partial charge >= 0.3 is 0 Å². The summed E-state index contributed by atoms with van der Waals surface area (Å²) in [6, 6.07) is 0. The summed E-state index contributed by atoms with van der Waals surface area (Å²) in [7, 11) is 0. The maximum atomic E-state index is 12.0. The molecule has 1 atom stereocenters. The van der Waals surface area contributed by atoms with Gasteiger partial charge in [0.1, 0.15) is 6.17 Å². The van der Waals surface area contributed by atoms with E-state index in [1.807, 2.05) is 0 Å². The molecule has 0 aromatic rings. The summed E-state index contributed by atoms with van der Waals surface area (Å²) in [5.74, 6) is -0.0250. The monoisotopic (exact) mass is 342 g/mol. The molecule has 1 aliphatic rings. The van der Waals surface area contributed by atoms with Crippen molar-refractivity contribution in [2.45, 2.75) is 68.2 Å². The van der Waals surface area contributed by atoms with Crippen LogP contribution in [-0.4, -0.2) is 33.9 Å². The Morgan fingerprint density at radius 1 is 1.15 bits per heavy atom. The Kier molecular flexibility index (Phi) is 8.57. The smallest absolute Gasteiger partial charge is 0.223 e. The molecule has 6 heteroatoms. The molecule has 0 unspecified atom stereocenters. The second kappa shape index (κ2) is 9.34. The van der Waals surface area contributed by atoms with E-state index in [1.165, 1.54) is 6.42 Å². The van der Waals surface area contributed by atoms with Gasteiger partial charge in [-0.2, -0.15) is 0 Å². The molecule has 1 amide bonds. The molecule has 1 fully saturated rings. The van der Waals surface area contributed by atoms with Crippen molar-refractivity contribution >= 4 is 40.7 Å². The first-order valence-corrected chi connectivity index (χ1v) is 8.68. The van der Waals surface area contributed by atoms with Crippen LogP contribution in [0.3, 0.4) is 0 Å². The fourth-order valence-electron chi connectivity index (χ4n) is 2.49. The molecule has 20 heavy (non-hydrogen) atoms. The second-order valence-corrected chi connectivity index (χ2v) is 7.79. The van der Waals surface area contributed by atoms with Crippen LogP contribution in [0, 0.1) is 0 Å². The summed E-state index contributed by atoms with van der Waals surface area (Å²) in [5.41, 5.74) is 0. The van der Waals surface area contributed by atoms with Crippen LogP contribution in [0.2, 0.25) is 0 Å². The van der Waals surface area contributed by atoms with Gasteiger partial charge in [0.2, 0.25) is 9.70 Å². The van der Waals surface area contributed by atoms with E-state index in [0.717, 1.165) is 51.6 Å². The van der Waals surface area contributed by atoms with Crippen molar-refractivity contribution < 1.29 is 4.79 Å². The number of carbonyl (C=O) groups is 1. The second-order valence-electron chi connectivity index (χ2n) is 5.42. The van der Waals surface area contributed by atoms with Gasteiger partial charge in [0.25, 0.3) is 0 Å². The molecular weight excluding hydrogens is 319 g/mol. The molecule has 0 bridgehead atoms. The SMILES string of the molecule is CCCCCCC(=O)N[C@H](N1CCCCC1)C(Cl)(Cl)Cl. The van der Waals surface area contributed by atoms with E-state index in [9.17, 15) is 4.79 Å². The lowest BCUT2D eigenvalue weighted by Gasteiger charge is -2.38. The summed E-state index contributed by atoms with van der Waals surface area (Å²) < 4.78 is -1.49. The standard InChI is InChI=1S/C14H25Cl3N2O/c1-2-3-4-6-9-12(20)18-13(14(15,16)17)19-10-7-5-8-11-19/h13H,2-11H2,1H3,(H,18,20)/t13-/m1/s1. The zero-order valence-electron chi connectivity index (χ0n) is 12.1. The van der Waals surface area contributed by atoms with E-state index >= 15 is 0 Å². The van der Waals surface area contributed by atoms with Crippen LogP contribution in [0.25, 0.3) is 0 Å².